The van der Waals surface area contributed by atoms with Gasteiger partial charge in [-0.3, -0.25) is 4.79 Å². The molecule has 0 aliphatic rings. The van der Waals surface area contributed by atoms with E-state index in [9.17, 15) is 4.79 Å². The summed E-state index contributed by atoms with van der Waals surface area (Å²) >= 11 is 1.27. The van der Waals surface area contributed by atoms with Crippen molar-refractivity contribution in [3.05, 3.63) is 46.4 Å². The molecular weight excluding hydrogens is 276 g/mol. The average molecular weight is 284 g/mol. The first-order valence-electron chi connectivity index (χ1n) is 5.94. The number of rotatable bonds is 1. The van der Waals surface area contributed by atoms with E-state index in [1.165, 1.54) is 15.9 Å². The van der Waals surface area contributed by atoms with Crippen LogP contribution in [-0.2, 0) is 0 Å². The van der Waals surface area contributed by atoms with Crippen LogP contribution in [0.25, 0.3) is 26.7 Å². The van der Waals surface area contributed by atoms with Gasteiger partial charge in [0.25, 0.3) is 5.56 Å². The highest BCUT2D eigenvalue weighted by Crippen LogP contribution is 2.29. The molecule has 0 N–H and O–H groups in total. The van der Waals surface area contributed by atoms with Crippen molar-refractivity contribution < 1.29 is 4.42 Å². The molecule has 4 rings (SSSR count). The number of hydrogen-bond donors (Lipinski definition) is 0. The molecule has 3 heterocycles. The van der Waals surface area contributed by atoms with E-state index in [4.69, 9.17) is 4.42 Å². The van der Waals surface area contributed by atoms with Crippen molar-refractivity contribution in [2.45, 2.75) is 6.92 Å². The first-order chi connectivity index (χ1) is 9.72. The van der Waals surface area contributed by atoms with Crippen LogP contribution in [-0.4, -0.2) is 19.8 Å². The minimum absolute atomic E-state index is 0.256. The van der Waals surface area contributed by atoms with Gasteiger partial charge in [0, 0.05) is 5.39 Å². The van der Waals surface area contributed by atoms with E-state index in [1.807, 2.05) is 30.3 Å². The van der Waals surface area contributed by atoms with Crippen molar-refractivity contribution >= 4 is 27.3 Å². The summed E-state index contributed by atoms with van der Waals surface area (Å²) in [6, 6.07) is 9.61. The molecule has 0 fully saturated rings. The Morgan fingerprint density at radius 2 is 2.10 bits per heavy atom. The Morgan fingerprint density at radius 3 is 2.95 bits per heavy atom. The highest BCUT2D eigenvalue weighted by atomic mass is 32.1. The second kappa shape index (κ2) is 3.97. The zero-order valence-corrected chi connectivity index (χ0v) is 11.2. The van der Waals surface area contributed by atoms with E-state index in [-0.39, 0.29) is 5.56 Å². The molecule has 0 saturated heterocycles. The fourth-order valence-corrected chi connectivity index (χ4v) is 2.77. The van der Waals surface area contributed by atoms with E-state index in [1.54, 1.807) is 6.92 Å². The molecule has 0 aliphatic carbocycles. The Hall–Kier alpha value is -2.54. The lowest BCUT2D eigenvalue weighted by atomic mass is 10.2. The number of nitrogens with zero attached hydrogens (tertiary/aromatic N) is 4. The van der Waals surface area contributed by atoms with Crippen LogP contribution < -0.4 is 5.56 Å². The molecule has 0 atom stereocenters. The molecule has 7 heteroatoms. The van der Waals surface area contributed by atoms with E-state index in [2.05, 4.69) is 15.3 Å². The molecule has 4 aromatic rings. The van der Waals surface area contributed by atoms with Crippen LogP contribution in [0.4, 0.5) is 0 Å². The van der Waals surface area contributed by atoms with Gasteiger partial charge < -0.3 is 4.42 Å². The largest absolute Gasteiger partial charge is 0.453 e. The molecule has 0 radical (unpaired) electrons. The van der Waals surface area contributed by atoms with Crippen molar-refractivity contribution in [3.8, 4) is 10.8 Å². The first-order valence-corrected chi connectivity index (χ1v) is 6.76. The van der Waals surface area contributed by atoms with Crippen LogP contribution in [0.5, 0.6) is 0 Å². The van der Waals surface area contributed by atoms with Crippen LogP contribution in [0.3, 0.4) is 0 Å². The van der Waals surface area contributed by atoms with Gasteiger partial charge >= 0.3 is 0 Å². The molecule has 0 amide bonds. The molecule has 1 aromatic carbocycles. The molecule has 0 spiro atoms. The number of hydrogen-bond acceptors (Lipinski definition) is 6. The zero-order chi connectivity index (χ0) is 13.7. The van der Waals surface area contributed by atoms with Gasteiger partial charge in [0.1, 0.15) is 11.3 Å². The lowest BCUT2D eigenvalue weighted by molar-refractivity contribution is 0.628. The van der Waals surface area contributed by atoms with Gasteiger partial charge in [-0.1, -0.05) is 29.5 Å². The Labute approximate surface area is 116 Å². The highest BCUT2D eigenvalue weighted by molar-refractivity contribution is 7.19. The second-order valence-electron chi connectivity index (χ2n) is 4.34. The van der Waals surface area contributed by atoms with Gasteiger partial charge in [-0.15, -0.1) is 15.3 Å². The molecule has 0 unspecified atom stereocenters. The molecule has 0 aliphatic heterocycles. The minimum atomic E-state index is -0.256. The third-order valence-electron chi connectivity index (χ3n) is 2.98. The molecule has 98 valence electrons. The van der Waals surface area contributed by atoms with Gasteiger partial charge in [-0.05, 0) is 19.1 Å². The van der Waals surface area contributed by atoms with Crippen molar-refractivity contribution in [1.29, 1.82) is 0 Å². The summed E-state index contributed by atoms with van der Waals surface area (Å²) < 4.78 is 7.00. The molecule has 0 bridgehead atoms. The number of fused-ring (bicyclic) bond motifs is 2. The number of aromatic nitrogens is 4. The average Bonchev–Trinajstić information content (AvgIpc) is 3.06. The number of para-hydroxylation sites is 1. The Kier molecular flexibility index (Phi) is 2.25. The second-order valence-corrected chi connectivity index (χ2v) is 5.30. The van der Waals surface area contributed by atoms with Gasteiger partial charge in [-0.2, -0.15) is 4.52 Å². The summed E-state index contributed by atoms with van der Waals surface area (Å²) in [4.78, 5) is 12.4. The summed E-state index contributed by atoms with van der Waals surface area (Å²) in [7, 11) is 0. The van der Waals surface area contributed by atoms with Gasteiger partial charge in [0.2, 0.25) is 4.96 Å². The number of aryl methyl sites for hydroxylation is 1. The van der Waals surface area contributed by atoms with Crippen molar-refractivity contribution in [2.75, 3.05) is 0 Å². The van der Waals surface area contributed by atoms with Crippen molar-refractivity contribution in [2.24, 2.45) is 0 Å². The fourth-order valence-electron chi connectivity index (χ4n) is 1.98. The molecule has 3 aromatic heterocycles. The van der Waals surface area contributed by atoms with Crippen LogP contribution in [0.2, 0.25) is 0 Å². The number of benzene rings is 1. The summed E-state index contributed by atoms with van der Waals surface area (Å²) in [6.45, 7) is 1.61. The standard InChI is InChI=1S/C13H8N4O2S/c1-7-12(18)17-13(15-14-7)20-11(16-17)10-6-8-4-2-3-5-9(8)19-10/h2-6H,1H3. The maximum absolute atomic E-state index is 11.9. The third kappa shape index (κ3) is 1.56. The quantitative estimate of drug-likeness (QED) is 0.536. The Balaban J connectivity index is 1.98. The molecule has 6 nitrogen and oxygen atoms in total. The van der Waals surface area contributed by atoms with E-state index in [0.717, 1.165) is 11.0 Å². The summed E-state index contributed by atoms with van der Waals surface area (Å²) in [5, 5.41) is 13.7. The van der Waals surface area contributed by atoms with Crippen LogP contribution in [0.1, 0.15) is 5.69 Å². The first kappa shape index (κ1) is 11.3. The topological polar surface area (TPSA) is 73.3 Å². The summed E-state index contributed by atoms with van der Waals surface area (Å²) in [6.07, 6.45) is 0. The van der Waals surface area contributed by atoms with Crippen molar-refractivity contribution in [3.63, 3.8) is 0 Å². The van der Waals surface area contributed by atoms with Gasteiger partial charge in [0.05, 0.1) is 0 Å². The highest BCUT2D eigenvalue weighted by Gasteiger charge is 2.14. The summed E-state index contributed by atoms with van der Waals surface area (Å²) in [5.41, 5.74) is 0.855. The smallest absolute Gasteiger partial charge is 0.296 e. The van der Waals surface area contributed by atoms with E-state index < -0.39 is 0 Å². The minimum Gasteiger partial charge on any atom is -0.453 e. The zero-order valence-electron chi connectivity index (χ0n) is 10.4. The maximum atomic E-state index is 11.9. The van der Waals surface area contributed by atoms with Gasteiger partial charge in [-0.25, -0.2) is 0 Å². The van der Waals surface area contributed by atoms with Crippen LogP contribution in [0, 0.1) is 6.92 Å². The predicted molar refractivity (Wildman–Crippen MR) is 74.9 cm³/mol. The Bertz CT molecular complexity index is 965. The Morgan fingerprint density at radius 1 is 1.25 bits per heavy atom. The van der Waals surface area contributed by atoms with Crippen molar-refractivity contribution in [1.82, 2.24) is 19.8 Å². The maximum Gasteiger partial charge on any atom is 0.296 e. The van der Waals surface area contributed by atoms with E-state index in [0.29, 0.717) is 21.4 Å². The van der Waals surface area contributed by atoms with Crippen LogP contribution in [0.15, 0.2) is 39.5 Å². The fraction of sp³-hybridized carbons (Fsp3) is 0.0769. The SMILES string of the molecule is Cc1nnc2sc(-c3cc4ccccc4o3)nn2c1=O. The third-order valence-corrected chi connectivity index (χ3v) is 3.90. The molecule has 0 saturated carbocycles. The lowest BCUT2D eigenvalue weighted by Gasteiger charge is -1.88. The predicted octanol–water partition coefficient (Wildman–Crippen LogP) is 2.27. The monoisotopic (exact) mass is 284 g/mol. The molecular formula is C13H8N4O2S. The van der Waals surface area contributed by atoms with Crippen LogP contribution >= 0.6 is 11.3 Å². The number of furan rings is 1. The molecule has 20 heavy (non-hydrogen) atoms. The normalized spacial score (nSPS) is 11.4. The van der Waals surface area contributed by atoms with E-state index >= 15 is 0 Å². The summed E-state index contributed by atoms with van der Waals surface area (Å²) in [5.74, 6) is 0.624. The van der Waals surface area contributed by atoms with Gasteiger partial charge in [0.15, 0.2) is 10.8 Å². The lowest BCUT2D eigenvalue weighted by Crippen LogP contribution is -2.19.